The number of amides is 1. The van der Waals surface area contributed by atoms with Crippen LogP contribution in [0.1, 0.15) is 53.4 Å². The van der Waals surface area contributed by atoms with Gasteiger partial charge in [-0.3, -0.25) is 14.4 Å². The van der Waals surface area contributed by atoms with E-state index in [0.717, 1.165) is 6.29 Å². The molecule has 0 saturated carbocycles. The molecule has 0 aromatic heterocycles. The summed E-state index contributed by atoms with van der Waals surface area (Å²) in [4.78, 5) is 45.2. The number of unbranched alkanes of at least 4 members (excludes halogenated alkanes) is 2. The Kier molecular flexibility index (Phi) is 9.95. The molecule has 1 rings (SSSR count). The first-order chi connectivity index (χ1) is 12.8. The Balaban J connectivity index is 3.02. The molecular weight excluding hydrogens is 358 g/mol. The number of hydrogen-bond acceptors (Lipinski definition) is 8. The number of aldehydes is 1. The fourth-order valence-corrected chi connectivity index (χ4v) is 2.96. The molecule has 0 aromatic rings. The first-order valence-electron chi connectivity index (χ1n) is 9.12. The Morgan fingerprint density at radius 2 is 1.67 bits per heavy atom. The van der Waals surface area contributed by atoms with Crippen molar-refractivity contribution in [2.45, 2.75) is 84.0 Å². The number of rotatable bonds is 10. The lowest BCUT2D eigenvalue weighted by molar-refractivity contribution is -0.272. The number of ether oxygens (including phenoxy) is 4. The summed E-state index contributed by atoms with van der Waals surface area (Å²) in [7, 11) is 0. The lowest BCUT2D eigenvalue weighted by atomic mass is 9.94. The molecule has 27 heavy (non-hydrogen) atoms. The predicted molar refractivity (Wildman–Crippen MR) is 93.5 cm³/mol. The third-order valence-corrected chi connectivity index (χ3v) is 4.02. The molecule has 9 heteroatoms. The fraction of sp³-hybridized carbons (Fsp3) is 0.778. The molecule has 1 N–H and O–H groups in total. The van der Waals surface area contributed by atoms with Crippen molar-refractivity contribution >= 4 is 24.1 Å². The van der Waals surface area contributed by atoms with Gasteiger partial charge in [0.2, 0.25) is 5.91 Å². The maximum absolute atomic E-state index is 11.7. The molecule has 0 bridgehead atoms. The second-order valence-electron chi connectivity index (χ2n) is 6.36. The lowest BCUT2D eigenvalue weighted by Crippen LogP contribution is -2.65. The minimum atomic E-state index is -0.950. The van der Waals surface area contributed by atoms with Gasteiger partial charge in [-0.1, -0.05) is 6.92 Å². The highest BCUT2D eigenvalue weighted by molar-refractivity contribution is 5.73. The molecule has 1 amide bonds. The number of carbonyl (C=O) groups is 4. The van der Waals surface area contributed by atoms with E-state index in [1.807, 2.05) is 6.92 Å². The maximum atomic E-state index is 11.7. The number of hydrogen-bond donors (Lipinski definition) is 1. The maximum Gasteiger partial charge on any atom is 0.303 e. The fourth-order valence-electron chi connectivity index (χ4n) is 2.96. The molecule has 0 spiro atoms. The van der Waals surface area contributed by atoms with E-state index in [1.54, 1.807) is 0 Å². The molecule has 0 aromatic carbocycles. The van der Waals surface area contributed by atoms with Crippen LogP contribution in [0.3, 0.4) is 0 Å². The van der Waals surface area contributed by atoms with Gasteiger partial charge >= 0.3 is 11.9 Å². The van der Waals surface area contributed by atoms with Gasteiger partial charge < -0.3 is 29.1 Å². The summed E-state index contributed by atoms with van der Waals surface area (Å²) >= 11 is 0. The molecule has 0 radical (unpaired) electrons. The van der Waals surface area contributed by atoms with E-state index in [1.165, 1.54) is 20.8 Å². The highest BCUT2D eigenvalue weighted by atomic mass is 16.7. The van der Waals surface area contributed by atoms with E-state index in [4.69, 9.17) is 18.9 Å². The molecule has 1 saturated heterocycles. The molecule has 0 aliphatic carbocycles. The van der Waals surface area contributed by atoms with Gasteiger partial charge in [0.1, 0.15) is 18.4 Å². The summed E-state index contributed by atoms with van der Waals surface area (Å²) in [5.74, 6) is -1.49. The highest BCUT2D eigenvalue weighted by Crippen LogP contribution is 2.29. The van der Waals surface area contributed by atoms with Crippen LogP contribution in [0.5, 0.6) is 0 Å². The molecule has 1 fully saturated rings. The van der Waals surface area contributed by atoms with E-state index < -0.39 is 42.6 Å². The Bertz CT molecular complexity index is 523. The van der Waals surface area contributed by atoms with Gasteiger partial charge in [0, 0.05) is 33.8 Å². The van der Waals surface area contributed by atoms with Crippen molar-refractivity contribution in [3.05, 3.63) is 0 Å². The van der Waals surface area contributed by atoms with Crippen LogP contribution in [-0.4, -0.2) is 61.4 Å². The summed E-state index contributed by atoms with van der Waals surface area (Å²) in [5, 5.41) is 2.67. The van der Waals surface area contributed by atoms with Crippen LogP contribution in [0.25, 0.3) is 0 Å². The first kappa shape index (κ1) is 23.0. The second kappa shape index (κ2) is 11.7. The van der Waals surface area contributed by atoms with Gasteiger partial charge in [-0.25, -0.2) is 0 Å². The van der Waals surface area contributed by atoms with Crippen molar-refractivity contribution in [2.75, 3.05) is 6.61 Å². The van der Waals surface area contributed by atoms with Crippen LogP contribution in [0.4, 0.5) is 0 Å². The highest BCUT2D eigenvalue weighted by Gasteiger charge is 2.50. The van der Waals surface area contributed by atoms with Crippen molar-refractivity contribution in [2.24, 2.45) is 0 Å². The molecule has 1 heterocycles. The van der Waals surface area contributed by atoms with Gasteiger partial charge in [0.05, 0.1) is 0 Å². The van der Waals surface area contributed by atoms with Crippen molar-refractivity contribution in [3.8, 4) is 0 Å². The third-order valence-electron chi connectivity index (χ3n) is 4.02. The van der Waals surface area contributed by atoms with Gasteiger partial charge in [-0.05, 0) is 19.3 Å². The van der Waals surface area contributed by atoms with E-state index >= 15 is 0 Å². The van der Waals surface area contributed by atoms with Crippen LogP contribution in [-0.2, 0) is 38.1 Å². The molecule has 154 valence electrons. The minimum Gasteiger partial charge on any atom is -0.456 e. The summed E-state index contributed by atoms with van der Waals surface area (Å²) in [5.41, 5.74) is 0. The van der Waals surface area contributed by atoms with Crippen molar-refractivity contribution < 1.29 is 38.1 Å². The van der Waals surface area contributed by atoms with Gasteiger partial charge in [0.25, 0.3) is 0 Å². The normalized spacial score (nSPS) is 27.5. The van der Waals surface area contributed by atoms with Crippen LogP contribution in [0, 0.1) is 0 Å². The molecule has 5 atom stereocenters. The van der Waals surface area contributed by atoms with Crippen LogP contribution in [0.15, 0.2) is 0 Å². The predicted octanol–water partition coefficient (Wildman–Crippen LogP) is 0.875. The SMILES string of the molecule is CC[C@@H]1O[C@H](OCCCCC=O)[C@H](NC(C)=O)[C@@H](OC(C)=O)[C@H]1OC(C)=O. The Hall–Kier alpha value is -2.00. The second-order valence-corrected chi connectivity index (χ2v) is 6.36. The lowest BCUT2D eigenvalue weighted by Gasteiger charge is -2.45. The van der Waals surface area contributed by atoms with Gasteiger partial charge in [-0.2, -0.15) is 0 Å². The summed E-state index contributed by atoms with van der Waals surface area (Å²) in [6.07, 6.45) is -0.216. The number of carbonyl (C=O) groups excluding carboxylic acids is 4. The van der Waals surface area contributed by atoms with E-state index in [0.29, 0.717) is 32.3 Å². The van der Waals surface area contributed by atoms with Crippen molar-refractivity contribution in [1.82, 2.24) is 5.32 Å². The Morgan fingerprint density at radius 1 is 1.04 bits per heavy atom. The standard InChI is InChI=1S/C18H29NO8/c1-5-14-16(25-12(3)22)17(26-13(4)23)15(19-11(2)21)18(27-14)24-10-8-6-7-9-20/h9,14-18H,5-8,10H2,1-4H3,(H,19,21)/t14-,15+,16-,17+,18-/m0/s1. The topological polar surface area (TPSA) is 117 Å². The smallest absolute Gasteiger partial charge is 0.303 e. The molecule has 9 nitrogen and oxygen atoms in total. The average Bonchev–Trinajstić information content (AvgIpc) is 2.57. The van der Waals surface area contributed by atoms with Crippen LogP contribution < -0.4 is 5.32 Å². The number of nitrogens with one attached hydrogen (secondary N) is 1. The third kappa shape index (κ3) is 7.64. The minimum absolute atomic E-state index is 0.302. The van der Waals surface area contributed by atoms with E-state index in [2.05, 4.69) is 5.32 Å². The summed E-state index contributed by atoms with van der Waals surface area (Å²) < 4.78 is 22.4. The zero-order valence-corrected chi connectivity index (χ0v) is 16.3. The molecule has 1 aliphatic rings. The quantitative estimate of drug-likeness (QED) is 0.333. The molecular formula is C18H29NO8. The largest absolute Gasteiger partial charge is 0.456 e. The number of esters is 2. The first-order valence-corrected chi connectivity index (χ1v) is 9.12. The zero-order chi connectivity index (χ0) is 20.4. The average molecular weight is 387 g/mol. The van der Waals surface area contributed by atoms with Crippen molar-refractivity contribution in [3.63, 3.8) is 0 Å². The zero-order valence-electron chi connectivity index (χ0n) is 16.3. The van der Waals surface area contributed by atoms with Crippen molar-refractivity contribution in [1.29, 1.82) is 0 Å². The van der Waals surface area contributed by atoms with Gasteiger partial charge in [0.15, 0.2) is 18.5 Å². The van der Waals surface area contributed by atoms with E-state index in [9.17, 15) is 19.2 Å². The molecule has 0 unspecified atom stereocenters. The molecule has 1 aliphatic heterocycles. The summed E-state index contributed by atoms with van der Waals surface area (Å²) in [6.45, 7) is 5.95. The van der Waals surface area contributed by atoms with Gasteiger partial charge in [-0.15, -0.1) is 0 Å². The Morgan fingerprint density at radius 3 is 2.19 bits per heavy atom. The summed E-state index contributed by atoms with van der Waals surface area (Å²) in [6, 6.07) is -0.843. The van der Waals surface area contributed by atoms with Crippen LogP contribution in [0.2, 0.25) is 0 Å². The van der Waals surface area contributed by atoms with E-state index in [-0.39, 0.29) is 5.91 Å². The van der Waals surface area contributed by atoms with Crippen LogP contribution >= 0.6 is 0 Å². The monoisotopic (exact) mass is 387 g/mol. The Labute approximate surface area is 159 Å².